The number of hydrogen-bond donors (Lipinski definition) is 0. The molecule has 0 N–H and O–H groups in total. The molecule has 0 fully saturated rings. The quantitative estimate of drug-likeness (QED) is 0.752. The fourth-order valence-electron chi connectivity index (χ4n) is 1.51. The zero-order valence-corrected chi connectivity index (χ0v) is 13.3. The fourth-order valence-corrected chi connectivity index (χ4v) is 3.45. The summed E-state index contributed by atoms with van der Waals surface area (Å²) in [5.74, 6) is -0.227. The molecule has 0 aliphatic rings. The summed E-state index contributed by atoms with van der Waals surface area (Å²) in [6.07, 6.45) is 0. The number of rotatable bonds is 6. The molecular formula is C11H16ClNO4S2. The van der Waals surface area contributed by atoms with Crippen molar-refractivity contribution in [2.75, 3.05) is 20.3 Å². The van der Waals surface area contributed by atoms with Crippen LogP contribution in [0.25, 0.3) is 0 Å². The molecule has 1 aromatic heterocycles. The van der Waals surface area contributed by atoms with Crippen molar-refractivity contribution >= 4 is 37.0 Å². The van der Waals surface area contributed by atoms with Crippen molar-refractivity contribution in [2.45, 2.75) is 24.1 Å². The van der Waals surface area contributed by atoms with Crippen molar-refractivity contribution in [1.29, 1.82) is 0 Å². The Kier molecular flexibility index (Phi) is 5.79. The highest BCUT2D eigenvalue weighted by Gasteiger charge is 2.22. The van der Waals surface area contributed by atoms with Crippen LogP contribution in [0.4, 0.5) is 0 Å². The minimum Gasteiger partial charge on any atom is -0.383 e. The third-order valence-electron chi connectivity index (χ3n) is 2.48. The molecule has 0 radical (unpaired) electrons. The van der Waals surface area contributed by atoms with Gasteiger partial charge in [0.2, 0.25) is 0 Å². The first kappa shape index (κ1) is 16.4. The summed E-state index contributed by atoms with van der Waals surface area (Å²) in [5.41, 5.74) is 0.328. The van der Waals surface area contributed by atoms with Gasteiger partial charge in [0.05, 0.1) is 12.2 Å². The van der Waals surface area contributed by atoms with E-state index >= 15 is 0 Å². The van der Waals surface area contributed by atoms with E-state index in [1.54, 1.807) is 12.0 Å². The van der Waals surface area contributed by atoms with Crippen LogP contribution in [0.1, 0.15) is 24.2 Å². The predicted molar refractivity (Wildman–Crippen MR) is 75.4 cm³/mol. The molecule has 0 aliphatic carbocycles. The lowest BCUT2D eigenvalue weighted by Crippen LogP contribution is -2.39. The second-order valence-electron chi connectivity index (χ2n) is 4.18. The lowest BCUT2D eigenvalue weighted by molar-refractivity contribution is 0.0635. The van der Waals surface area contributed by atoms with Crippen molar-refractivity contribution in [3.63, 3.8) is 0 Å². The van der Waals surface area contributed by atoms with Gasteiger partial charge in [0, 0.05) is 35.8 Å². The Labute approximate surface area is 121 Å². The van der Waals surface area contributed by atoms with Crippen molar-refractivity contribution < 1.29 is 17.9 Å². The molecule has 0 spiro atoms. The van der Waals surface area contributed by atoms with Crippen LogP contribution in [0, 0.1) is 0 Å². The number of ether oxygens (including phenoxy) is 1. The van der Waals surface area contributed by atoms with Crippen molar-refractivity contribution in [2.24, 2.45) is 0 Å². The van der Waals surface area contributed by atoms with Gasteiger partial charge >= 0.3 is 0 Å². The molecule has 0 aromatic carbocycles. The van der Waals surface area contributed by atoms with Crippen LogP contribution < -0.4 is 0 Å². The largest absolute Gasteiger partial charge is 0.383 e. The standard InChI is InChI=1S/C11H16ClNO4S2/c1-8(2)13(4-5-17-3)11(14)9-6-10(18-7-9)19(12,15)16/h6-8H,4-5H2,1-3H3. The fraction of sp³-hybridized carbons (Fsp3) is 0.545. The monoisotopic (exact) mass is 325 g/mol. The molecule has 1 amide bonds. The van der Waals surface area contributed by atoms with E-state index in [4.69, 9.17) is 15.4 Å². The maximum absolute atomic E-state index is 12.3. The van der Waals surface area contributed by atoms with Gasteiger partial charge in [0.15, 0.2) is 0 Å². The van der Waals surface area contributed by atoms with E-state index in [0.29, 0.717) is 18.7 Å². The highest BCUT2D eigenvalue weighted by Crippen LogP contribution is 2.24. The van der Waals surface area contributed by atoms with Gasteiger partial charge in [-0.3, -0.25) is 4.79 Å². The Morgan fingerprint density at radius 1 is 1.53 bits per heavy atom. The highest BCUT2D eigenvalue weighted by atomic mass is 35.7. The van der Waals surface area contributed by atoms with E-state index in [-0.39, 0.29) is 16.2 Å². The molecule has 0 atom stereocenters. The number of halogens is 1. The van der Waals surface area contributed by atoms with Crippen LogP contribution in [-0.2, 0) is 13.8 Å². The molecule has 0 saturated carbocycles. The van der Waals surface area contributed by atoms with Gasteiger partial charge in [-0.25, -0.2) is 8.42 Å². The second-order valence-corrected chi connectivity index (χ2v) is 7.88. The first-order valence-electron chi connectivity index (χ1n) is 5.60. The lowest BCUT2D eigenvalue weighted by Gasteiger charge is -2.26. The Morgan fingerprint density at radius 2 is 2.16 bits per heavy atom. The molecule has 0 aliphatic heterocycles. The lowest BCUT2D eigenvalue weighted by atomic mass is 10.2. The molecule has 0 saturated heterocycles. The Balaban J connectivity index is 2.94. The predicted octanol–water partition coefficient (Wildman–Crippen LogP) is 2.17. The van der Waals surface area contributed by atoms with Gasteiger partial charge in [-0.1, -0.05) is 0 Å². The number of nitrogens with zero attached hydrogens (tertiary/aromatic N) is 1. The molecule has 0 bridgehead atoms. The molecule has 1 heterocycles. The summed E-state index contributed by atoms with van der Waals surface area (Å²) in [6, 6.07) is 1.30. The normalized spacial score (nSPS) is 11.8. The summed E-state index contributed by atoms with van der Waals surface area (Å²) in [6.45, 7) is 4.65. The number of thiophene rings is 1. The van der Waals surface area contributed by atoms with Crippen molar-refractivity contribution in [3.8, 4) is 0 Å². The minimum atomic E-state index is -3.78. The molecule has 8 heteroatoms. The number of methoxy groups -OCH3 is 1. The Bertz CT molecular complexity index is 539. The highest BCUT2D eigenvalue weighted by molar-refractivity contribution is 8.15. The van der Waals surface area contributed by atoms with Crippen LogP contribution in [0.3, 0.4) is 0 Å². The number of carbonyl (C=O) groups is 1. The van der Waals surface area contributed by atoms with E-state index < -0.39 is 9.05 Å². The van der Waals surface area contributed by atoms with Crippen LogP contribution in [0.15, 0.2) is 15.7 Å². The van der Waals surface area contributed by atoms with E-state index in [0.717, 1.165) is 11.3 Å². The van der Waals surface area contributed by atoms with Gasteiger partial charge in [-0.15, -0.1) is 11.3 Å². The zero-order valence-electron chi connectivity index (χ0n) is 10.9. The van der Waals surface area contributed by atoms with Gasteiger partial charge in [-0.2, -0.15) is 0 Å². The molecule has 108 valence electrons. The summed E-state index contributed by atoms with van der Waals surface area (Å²) in [5, 5.41) is 1.50. The first-order chi connectivity index (χ1) is 8.77. The minimum absolute atomic E-state index is 0.00129. The van der Waals surface area contributed by atoms with E-state index in [2.05, 4.69) is 0 Å². The zero-order chi connectivity index (χ0) is 14.6. The summed E-state index contributed by atoms with van der Waals surface area (Å²) in [4.78, 5) is 13.9. The van der Waals surface area contributed by atoms with Crippen molar-refractivity contribution in [3.05, 3.63) is 17.0 Å². The molecule has 1 aromatic rings. The topological polar surface area (TPSA) is 63.7 Å². The van der Waals surface area contributed by atoms with E-state index in [9.17, 15) is 13.2 Å². The number of carbonyl (C=O) groups excluding carboxylic acids is 1. The third kappa shape index (κ3) is 4.45. The van der Waals surface area contributed by atoms with Crippen molar-refractivity contribution in [1.82, 2.24) is 4.90 Å². The summed E-state index contributed by atoms with van der Waals surface area (Å²) in [7, 11) is 3.02. The van der Waals surface area contributed by atoms with Crippen LogP contribution in [-0.4, -0.2) is 45.5 Å². The Morgan fingerprint density at radius 3 is 2.58 bits per heavy atom. The van der Waals surface area contributed by atoms with Crippen LogP contribution >= 0.6 is 22.0 Å². The average molecular weight is 326 g/mol. The van der Waals surface area contributed by atoms with E-state index in [1.165, 1.54) is 11.4 Å². The van der Waals surface area contributed by atoms with Gasteiger partial charge in [0.25, 0.3) is 15.0 Å². The van der Waals surface area contributed by atoms with Crippen LogP contribution in [0.5, 0.6) is 0 Å². The van der Waals surface area contributed by atoms with Crippen LogP contribution in [0.2, 0.25) is 0 Å². The summed E-state index contributed by atoms with van der Waals surface area (Å²) >= 11 is 0.939. The maximum Gasteiger partial charge on any atom is 0.270 e. The molecule has 0 unspecified atom stereocenters. The Hall–Kier alpha value is -0.630. The third-order valence-corrected chi connectivity index (χ3v) is 5.52. The smallest absolute Gasteiger partial charge is 0.270 e. The maximum atomic E-state index is 12.3. The number of hydrogen-bond acceptors (Lipinski definition) is 5. The number of amides is 1. The molecular weight excluding hydrogens is 310 g/mol. The average Bonchev–Trinajstić information content (AvgIpc) is 2.77. The van der Waals surface area contributed by atoms with Gasteiger partial charge in [-0.05, 0) is 19.9 Å². The molecule has 5 nitrogen and oxygen atoms in total. The second kappa shape index (κ2) is 6.69. The van der Waals surface area contributed by atoms with Gasteiger partial charge < -0.3 is 9.64 Å². The molecule has 1 rings (SSSR count). The summed E-state index contributed by atoms with van der Waals surface area (Å²) < 4.78 is 27.3. The first-order valence-corrected chi connectivity index (χ1v) is 8.79. The van der Waals surface area contributed by atoms with Gasteiger partial charge in [0.1, 0.15) is 4.21 Å². The molecule has 19 heavy (non-hydrogen) atoms. The SMILES string of the molecule is COCCN(C(=O)c1csc(S(=O)(=O)Cl)c1)C(C)C. The van der Waals surface area contributed by atoms with E-state index in [1.807, 2.05) is 13.8 Å².